The highest BCUT2D eigenvalue weighted by atomic mass is 16.5. The first-order valence-corrected chi connectivity index (χ1v) is 7.98. The maximum Gasteiger partial charge on any atom is 0.203 e. The van der Waals surface area contributed by atoms with Crippen LogP contribution in [0.15, 0.2) is 48.5 Å². The Morgan fingerprint density at radius 2 is 1.65 bits per heavy atom. The van der Waals surface area contributed by atoms with E-state index in [2.05, 4.69) is 11.1 Å². The number of para-hydroxylation sites is 1. The van der Waals surface area contributed by atoms with Gasteiger partial charge >= 0.3 is 0 Å². The van der Waals surface area contributed by atoms with E-state index in [9.17, 15) is 5.26 Å². The summed E-state index contributed by atoms with van der Waals surface area (Å²) in [4.78, 5) is 4.59. The van der Waals surface area contributed by atoms with Gasteiger partial charge in [0.1, 0.15) is 0 Å². The number of methoxy groups -OCH3 is 3. The number of pyridine rings is 1. The summed E-state index contributed by atoms with van der Waals surface area (Å²) < 4.78 is 16.1. The van der Waals surface area contributed by atoms with Crippen LogP contribution < -0.4 is 14.2 Å². The van der Waals surface area contributed by atoms with Crippen molar-refractivity contribution in [2.45, 2.75) is 0 Å². The number of hydrogen-bond donors (Lipinski definition) is 0. The third kappa shape index (κ3) is 3.31. The van der Waals surface area contributed by atoms with Crippen LogP contribution >= 0.6 is 0 Å². The summed E-state index contributed by atoms with van der Waals surface area (Å²) in [7, 11) is 4.63. The zero-order chi connectivity index (χ0) is 18.5. The molecule has 0 radical (unpaired) electrons. The van der Waals surface area contributed by atoms with Gasteiger partial charge in [0.25, 0.3) is 0 Å². The molecule has 2 aromatic carbocycles. The van der Waals surface area contributed by atoms with Crippen molar-refractivity contribution in [2.75, 3.05) is 21.3 Å². The van der Waals surface area contributed by atoms with Gasteiger partial charge in [-0.1, -0.05) is 24.3 Å². The van der Waals surface area contributed by atoms with Gasteiger partial charge < -0.3 is 14.2 Å². The zero-order valence-corrected chi connectivity index (χ0v) is 14.8. The normalized spacial score (nSPS) is 11.1. The fourth-order valence-electron chi connectivity index (χ4n) is 2.73. The number of ether oxygens (including phenoxy) is 3. The molecule has 0 fully saturated rings. The molecule has 5 nitrogen and oxygen atoms in total. The van der Waals surface area contributed by atoms with E-state index in [1.807, 2.05) is 36.4 Å². The molecule has 1 heterocycles. The van der Waals surface area contributed by atoms with Crippen LogP contribution in [0.2, 0.25) is 0 Å². The quantitative estimate of drug-likeness (QED) is 0.644. The first kappa shape index (κ1) is 17.3. The summed E-state index contributed by atoms with van der Waals surface area (Å²) in [5.74, 6) is 1.48. The lowest BCUT2D eigenvalue weighted by atomic mass is 10.0. The molecule has 0 saturated carbocycles. The summed E-state index contributed by atoms with van der Waals surface area (Å²) in [6, 6.07) is 17.4. The van der Waals surface area contributed by atoms with Crippen molar-refractivity contribution < 1.29 is 14.2 Å². The van der Waals surface area contributed by atoms with E-state index >= 15 is 0 Å². The molecule has 0 atom stereocenters. The van der Waals surface area contributed by atoms with Gasteiger partial charge in [-0.2, -0.15) is 5.26 Å². The minimum Gasteiger partial charge on any atom is -0.493 e. The van der Waals surface area contributed by atoms with Crippen LogP contribution in [-0.2, 0) is 0 Å². The van der Waals surface area contributed by atoms with Crippen molar-refractivity contribution in [1.29, 1.82) is 5.26 Å². The Labute approximate surface area is 152 Å². The molecule has 1 aromatic heterocycles. The third-order valence-electron chi connectivity index (χ3n) is 4.01. The Hall–Kier alpha value is -3.52. The third-order valence-corrected chi connectivity index (χ3v) is 4.01. The van der Waals surface area contributed by atoms with Crippen molar-refractivity contribution in [3.63, 3.8) is 0 Å². The van der Waals surface area contributed by atoms with Gasteiger partial charge in [-0.05, 0) is 35.9 Å². The Morgan fingerprint density at radius 3 is 2.27 bits per heavy atom. The molecule has 3 aromatic rings. The largest absolute Gasteiger partial charge is 0.493 e. The SMILES string of the molecule is COc1cc(/C(C#N)=C/c2ccc3ccccc3n2)cc(OC)c1OC. The first-order valence-electron chi connectivity index (χ1n) is 7.98. The zero-order valence-electron chi connectivity index (χ0n) is 14.8. The summed E-state index contributed by atoms with van der Waals surface area (Å²) in [5, 5.41) is 10.7. The molecule has 0 bridgehead atoms. The summed E-state index contributed by atoms with van der Waals surface area (Å²) >= 11 is 0. The van der Waals surface area contributed by atoms with Gasteiger partial charge in [-0.3, -0.25) is 0 Å². The topological polar surface area (TPSA) is 64.4 Å². The summed E-state index contributed by atoms with van der Waals surface area (Å²) in [5.41, 5.74) is 2.70. The number of aromatic nitrogens is 1. The number of fused-ring (bicyclic) bond motifs is 1. The average Bonchev–Trinajstić information content (AvgIpc) is 2.70. The van der Waals surface area contributed by atoms with Crippen molar-refractivity contribution in [1.82, 2.24) is 4.98 Å². The Kier molecular flexibility index (Phi) is 5.04. The molecule has 3 rings (SSSR count). The second-order valence-corrected chi connectivity index (χ2v) is 5.51. The van der Waals surface area contributed by atoms with Crippen LogP contribution in [0.5, 0.6) is 17.2 Å². The number of rotatable bonds is 5. The van der Waals surface area contributed by atoms with E-state index in [0.29, 0.717) is 34.1 Å². The number of benzene rings is 2. The van der Waals surface area contributed by atoms with Crippen LogP contribution in [0.25, 0.3) is 22.6 Å². The highest BCUT2D eigenvalue weighted by Gasteiger charge is 2.15. The second-order valence-electron chi connectivity index (χ2n) is 5.51. The van der Waals surface area contributed by atoms with E-state index in [-0.39, 0.29) is 0 Å². The van der Waals surface area contributed by atoms with Crippen molar-refractivity contribution in [3.05, 3.63) is 59.8 Å². The van der Waals surface area contributed by atoms with Crippen LogP contribution in [-0.4, -0.2) is 26.3 Å². The Bertz CT molecular complexity index is 994. The predicted molar refractivity (Wildman–Crippen MR) is 101 cm³/mol. The number of nitrogens with zero attached hydrogens (tertiary/aromatic N) is 2. The Morgan fingerprint density at radius 1 is 0.962 bits per heavy atom. The molecule has 130 valence electrons. The van der Waals surface area contributed by atoms with Gasteiger partial charge in [0.15, 0.2) is 11.5 Å². The van der Waals surface area contributed by atoms with Crippen molar-refractivity contribution in [2.24, 2.45) is 0 Å². The standard InChI is InChI=1S/C21H18N2O3/c1-24-19-11-15(12-20(25-2)21(19)26-3)16(13-22)10-17-9-8-14-6-4-5-7-18(14)23-17/h4-12H,1-3H3/b16-10+. The summed E-state index contributed by atoms with van der Waals surface area (Å²) in [6.07, 6.45) is 1.74. The molecule has 26 heavy (non-hydrogen) atoms. The van der Waals surface area contributed by atoms with E-state index < -0.39 is 0 Å². The van der Waals surface area contributed by atoms with Crippen LogP contribution in [0.3, 0.4) is 0 Å². The van der Waals surface area contributed by atoms with Crippen LogP contribution in [0.4, 0.5) is 0 Å². The number of nitriles is 1. The minimum absolute atomic E-state index is 0.451. The predicted octanol–water partition coefficient (Wildman–Crippen LogP) is 4.32. The van der Waals surface area contributed by atoms with E-state index in [4.69, 9.17) is 14.2 Å². The lowest BCUT2D eigenvalue weighted by molar-refractivity contribution is 0.324. The van der Waals surface area contributed by atoms with E-state index in [1.54, 1.807) is 39.5 Å². The van der Waals surface area contributed by atoms with Crippen molar-refractivity contribution in [3.8, 4) is 23.3 Å². The van der Waals surface area contributed by atoms with Gasteiger partial charge in [-0.25, -0.2) is 4.98 Å². The monoisotopic (exact) mass is 346 g/mol. The number of hydrogen-bond acceptors (Lipinski definition) is 5. The maximum atomic E-state index is 9.65. The highest BCUT2D eigenvalue weighted by Crippen LogP contribution is 2.40. The molecule has 0 spiro atoms. The second kappa shape index (κ2) is 7.58. The minimum atomic E-state index is 0.451. The van der Waals surface area contributed by atoms with E-state index in [1.165, 1.54) is 0 Å². The molecule has 0 amide bonds. The fraction of sp³-hybridized carbons (Fsp3) is 0.143. The molecule has 0 saturated heterocycles. The smallest absolute Gasteiger partial charge is 0.203 e. The summed E-state index contributed by atoms with van der Waals surface area (Å²) in [6.45, 7) is 0. The first-order chi connectivity index (χ1) is 12.7. The molecule has 0 aliphatic rings. The highest BCUT2D eigenvalue weighted by molar-refractivity contribution is 5.91. The average molecular weight is 346 g/mol. The lowest BCUT2D eigenvalue weighted by Gasteiger charge is -2.13. The van der Waals surface area contributed by atoms with Crippen LogP contribution in [0, 0.1) is 11.3 Å². The van der Waals surface area contributed by atoms with Gasteiger partial charge in [0.2, 0.25) is 5.75 Å². The molecular formula is C21H18N2O3. The molecule has 5 heteroatoms. The van der Waals surface area contributed by atoms with Gasteiger partial charge in [0, 0.05) is 5.39 Å². The number of allylic oxidation sites excluding steroid dienone is 1. The van der Waals surface area contributed by atoms with Crippen LogP contribution in [0.1, 0.15) is 11.3 Å². The Balaban J connectivity index is 2.10. The van der Waals surface area contributed by atoms with Gasteiger partial charge in [0.05, 0.1) is 44.2 Å². The van der Waals surface area contributed by atoms with E-state index in [0.717, 1.165) is 10.9 Å². The maximum absolute atomic E-state index is 9.65. The molecule has 0 aliphatic heterocycles. The molecule has 0 aliphatic carbocycles. The molecule has 0 N–H and O–H groups in total. The fourth-order valence-corrected chi connectivity index (χ4v) is 2.73. The van der Waals surface area contributed by atoms with Gasteiger partial charge in [-0.15, -0.1) is 0 Å². The molecule has 0 unspecified atom stereocenters. The molecular weight excluding hydrogens is 328 g/mol. The van der Waals surface area contributed by atoms with Crippen molar-refractivity contribution >= 4 is 22.6 Å². The lowest BCUT2D eigenvalue weighted by Crippen LogP contribution is -1.97.